The van der Waals surface area contributed by atoms with Crippen LogP contribution in [0.4, 0.5) is 0 Å². The Morgan fingerprint density at radius 1 is 1.07 bits per heavy atom. The van der Waals surface area contributed by atoms with E-state index in [0.717, 1.165) is 48.0 Å². The quantitative estimate of drug-likeness (QED) is 0.746. The number of pyridine rings is 1. The molecule has 0 spiro atoms. The van der Waals surface area contributed by atoms with Crippen molar-refractivity contribution in [2.45, 2.75) is 25.3 Å². The van der Waals surface area contributed by atoms with E-state index in [-0.39, 0.29) is 11.9 Å². The molecule has 27 heavy (non-hydrogen) atoms. The Balaban J connectivity index is 1.54. The van der Waals surface area contributed by atoms with E-state index >= 15 is 0 Å². The fourth-order valence-corrected chi connectivity index (χ4v) is 3.93. The number of hydrogen-bond acceptors (Lipinski definition) is 3. The van der Waals surface area contributed by atoms with Crippen LogP contribution in [0.2, 0.25) is 0 Å². The second kappa shape index (κ2) is 8.31. The monoisotopic (exact) mass is 360 g/mol. The number of hydrogen-bond donors (Lipinski definition) is 1. The topological polar surface area (TPSA) is 51.2 Å². The van der Waals surface area contributed by atoms with Gasteiger partial charge in [0, 0.05) is 25.6 Å². The molecule has 1 unspecified atom stereocenters. The molecule has 0 bridgehead atoms. The van der Waals surface area contributed by atoms with Crippen molar-refractivity contribution in [2.24, 2.45) is 5.92 Å². The lowest BCUT2D eigenvalue weighted by molar-refractivity contribution is -0.121. The Morgan fingerprint density at radius 2 is 1.89 bits per heavy atom. The molecule has 2 aromatic carbocycles. The molecule has 1 amide bonds. The Bertz CT molecular complexity index is 899. The van der Waals surface area contributed by atoms with Gasteiger partial charge in [-0.15, -0.1) is 0 Å². The predicted molar refractivity (Wildman–Crippen MR) is 106 cm³/mol. The third-order valence-electron chi connectivity index (χ3n) is 5.33. The van der Waals surface area contributed by atoms with Crippen LogP contribution in [-0.2, 0) is 16.0 Å². The molecule has 3 aromatic rings. The Kier molecular flexibility index (Phi) is 5.45. The van der Waals surface area contributed by atoms with Gasteiger partial charge in [-0.3, -0.25) is 9.78 Å². The molecule has 1 aliphatic heterocycles. The molecule has 0 aliphatic carbocycles. The van der Waals surface area contributed by atoms with E-state index in [1.165, 1.54) is 0 Å². The number of nitrogens with one attached hydrogen (secondary N) is 1. The van der Waals surface area contributed by atoms with Crippen molar-refractivity contribution in [2.75, 3.05) is 13.2 Å². The van der Waals surface area contributed by atoms with Crippen LogP contribution in [0.1, 0.15) is 30.0 Å². The molecule has 0 radical (unpaired) electrons. The summed E-state index contributed by atoms with van der Waals surface area (Å²) in [6, 6.07) is 18.3. The second-order valence-electron chi connectivity index (χ2n) is 7.10. The molecular formula is C23H24N2O2. The lowest BCUT2D eigenvalue weighted by Gasteiger charge is -2.31. The van der Waals surface area contributed by atoms with Crippen LogP contribution in [0.15, 0.2) is 67.0 Å². The molecule has 1 aliphatic rings. The molecule has 1 saturated heterocycles. The molecule has 1 aromatic heterocycles. The van der Waals surface area contributed by atoms with Gasteiger partial charge in [-0.2, -0.15) is 0 Å². The number of carbonyl (C=O) groups is 1. The average molecular weight is 360 g/mol. The highest BCUT2D eigenvalue weighted by molar-refractivity contribution is 5.90. The Labute approximate surface area is 159 Å². The summed E-state index contributed by atoms with van der Waals surface area (Å²) in [6.45, 7) is 1.50. The molecule has 4 rings (SSSR count). The number of aromatic nitrogens is 1. The second-order valence-corrected chi connectivity index (χ2v) is 7.10. The number of ether oxygens (including phenoxy) is 1. The molecule has 4 heteroatoms. The van der Waals surface area contributed by atoms with Gasteiger partial charge < -0.3 is 10.1 Å². The van der Waals surface area contributed by atoms with Crippen LogP contribution < -0.4 is 5.32 Å². The highest BCUT2D eigenvalue weighted by Gasteiger charge is 2.27. The summed E-state index contributed by atoms with van der Waals surface area (Å²) in [7, 11) is 0. The summed E-state index contributed by atoms with van der Waals surface area (Å²) < 4.78 is 5.51. The first-order valence-corrected chi connectivity index (χ1v) is 9.55. The van der Waals surface area contributed by atoms with E-state index in [0.29, 0.717) is 12.3 Å². The van der Waals surface area contributed by atoms with Crippen molar-refractivity contribution in [3.8, 4) is 0 Å². The SMILES string of the molecule is O=C(Cc1cccc2ccccc12)NC(c1cccnc1)C1CCOCC1. The number of fused-ring (bicyclic) bond motifs is 1. The van der Waals surface area contributed by atoms with E-state index in [4.69, 9.17) is 4.74 Å². The van der Waals surface area contributed by atoms with Gasteiger partial charge in [-0.1, -0.05) is 48.5 Å². The first kappa shape index (κ1) is 17.7. The van der Waals surface area contributed by atoms with Crippen molar-refractivity contribution >= 4 is 16.7 Å². The standard InChI is InChI=1S/C23H24N2O2/c26-22(15-19-7-3-6-17-5-1-2-9-21(17)19)25-23(18-10-13-27-14-11-18)20-8-4-12-24-16-20/h1-9,12,16,18,23H,10-11,13-15H2,(H,25,26). The third-order valence-corrected chi connectivity index (χ3v) is 5.33. The number of rotatable bonds is 5. The summed E-state index contributed by atoms with van der Waals surface area (Å²) in [4.78, 5) is 17.2. The van der Waals surface area contributed by atoms with Gasteiger partial charge >= 0.3 is 0 Å². The van der Waals surface area contributed by atoms with Crippen molar-refractivity contribution in [3.63, 3.8) is 0 Å². The van der Waals surface area contributed by atoms with Gasteiger partial charge in [-0.05, 0) is 46.7 Å². The summed E-state index contributed by atoms with van der Waals surface area (Å²) in [5, 5.41) is 5.58. The van der Waals surface area contributed by atoms with E-state index in [2.05, 4.69) is 28.5 Å². The third kappa shape index (κ3) is 4.17. The van der Waals surface area contributed by atoms with Gasteiger partial charge in [0.05, 0.1) is 12.5 Å². The van der Waals surface area contributed by atoms with E-state index < -0.39 is 0 Å². The predicted octanol–water partition coefficient (Wildman–Crippen LogP) is 4.06. The van der Waals surface area contributed by atoms with E-state index in [1.807, 2.05) is 42.6 Å². The summed E-state index contributed by atoms with van der Waals surface area (Å²) >= 11 is 0. The average Bonchev–Trinajstić information content (AvgIpc) is 2.73. The number of nitrogens with zero attached hydrogens (tertiary/aromatic N) is 1. The van der Waals surface area contributed by atoms with Crippen LogP contribution in [0.5, 0.6) is 0 Å². The first-order chi connectivity index (χ1) is 13.3. The molecule has 1 atom stereocenters. The number of carbonyl (C=O) groups excluding carboxylic acids is 1. The summed E-state index contributed by atoms with van der Waals surface area (Å²) in [5.41, 5.74) is 2.12. The Morgan fingerprint density at radius 3 is 2.70 bits per heavy atom. The van der Waals surface area contributed by atoms with Gasteiger partial charge in [0.1, 0.15) is 0 Å². The van der Waals surface area contributed by atoms with Crippen LogP contribution >= 0.6 is 0 Å². The molecule has 138 valence electrons. The zero-order valence-corrected chi connectivity index (χ0v) is 15.3. The molecule has 1 fully saturated rings. The highest BCUT2D eigenvalue weighted by atomic mass is 16.5. The fourth-order valence-electron chi connectivity index (χ4n) is 3.93. The maximum Gasteiger partial charge on any atom is 0.224 e. The summed E-state index contributed by atoms with van der Waals surface area (Å²) in [5.74, 6) is 0.422. The lowest BCUT2D eigenvalue weighted by Crippen LogP contribution is -2.36. The van der Waals surface area contributed by atoms with Crippen LogP contribution in [0.25, 0.3) is 10.8 Å². The van der Waals surface area contributed by atoms with E-state index in [1.54, 1.807) is 6.20 Å². The van der Waals surface area contributed by atoms with Crippen LogP contribution in [0.3, 0.4) is 0 Å². The van der Waals surface area contributed by atoms with Crippen molar-refractivity contribution < 1.29 is 9.53 Å². The van der Waals surface area contributed by atoms with Gasteiger partial charge in [0.25, 0.3) is 0 Å². The minimum absolute atomic E-state index is 0.0231. The van der Waals surface area contributed by atoms with Gasteiger partial charge in [0.2, 0.25) is 5.91 Å². The molecule has 4 nitrogen and oxygen atoms in total. The first-order valence-electron chi connectivity index (χ1n) is 9.55. The number of benzene rings is 2. The molecule has 0 saturated carbocycles. The zero-order chi connectivity index (χ0) is 18.5. The van der Waals surface area contributed by atoms with Gasteiger partial charge in [-0.25, -0.2) is 0 Å². The molecular weight excluding hydrogens is 336 g/mol. The smallest absolute Gasteiger partial charge is 0.224 e. The largest absolute Gasteiger partial charge is 0.381 e. The highest BCUT2D eigenvalue weighted by Crippen LogP contribution is 2.30. The lowest BCUT2D eigenvalue weighted by atomic mass is 9.87. The summed E-state index contributed by atoms with van der Waals surface area (Å²) in [6.07, 6.45) is 5.91. The normalized spacial score (nSPS) is 16.1. The fraction of sp³-hybridized carbons (Fsp3) is 0.304. The molecule has 2 heterocycles. The zero-order valence-electron chi connectivity index (χ0n) is 15.3. The van der Waals surface area contributed by atoms with Crippen LogP contribution in [0, 0.1) is 5.92 Å². The van der Waals surface area contributed by atoms with Crippen molar-refractivity contribution in [3.05, 3.63) is 78.1 Å². The molecule has 1 N–H and O–H groups in total. The van der Waals surface area contributed by atoms with Gasteiger partial charge in [0.15, 0.2) is 0 Å². The minimum Gasteiger partial charge on any atom is -0.381 e. The maximum atomic E-state index is 12.9. The van der Waals surface area contributed by atoms with Crippen molar-refractivity contribution in [1.82, 2.24) is 10.3 Å². The Hall–Kier alpha value is -2.72. The number of amides is 1. The van der Waals surface area contributed by atoms with Crippen LogP contribution in [-0.4, -0.2) is 24.1 Å². The van der Waals surface area contributed by atoms with E-state index in [9.17, 15) is 4.79 Å². The maximum absolute atomic E-state index is 12.9. The minimum atomic E-state index is -0.0231. The van der Waals surface area contributed by atoms with Crippen molar-refractivity contribution in [1.29, 1.82) is 0 Å².